The highest BCUT2D eigenvalue weighted by atomic mass is 16.2. The van der Waals surface area contributed by atoms with Crippen molar-refractivity contribution in [2.24, 2.45) is 0 Å². The fourth-order valence-electron chi connectivity index (χ4n) is 2.38. The SMILES string of the molecule is Nc1cc(C2CCC(=O)NC2=O)c2cn[nH]c2c1. The molecule has 1 aromatic heterocycles. The Kier molecular flexibility index (Phi) is 2.29. The van der Waals surface area contributed by atoms with Crippen LogP contribution in [0.2, 0.25) is 0 Å². The van der Waals surface area contributed by atoms with Crippen LogP contribution < -0.4 is 11.1 Å². The molecular weight excluding hydrogens is 232 g/mol. The minimum atomic E-state index is -0.341. The van der Waals surface area contributed by atoms with E-state index in [0.29, 0.717) is 18.5 Å². The number of aromatic nitrogens is 2. The molecule has 3 rings (SSSR count). The molecule has 92 valence electrons. The first kappa shape index (κ1) is 10.8. The van der Waals surface area contributed by atoms with Crippen molar-refractivity contribution in [1.29, 1.82) is 0 Å². The third-order valence-electron chi connectivity index (χ3n) is 3.23. The third-order valence-corrected chi connectivity index (χ3v) is 3.23. The van der Waals surface area contributed by atoms with Crippen LogP contribution in [0.25, 0.3) is 10.9 Å². The summed E-state index contributed by atoms with van der Waals surface area (Å²) in [6, 6.07) is 3.55. The zero-order chi connectivity index (χ0) is 12.7. The van der Waals surface area contributed by atoms with Crippen molar-refractivity contribution in [2.75, 3.05) is 5.73 Å². The maximum atomic E-state index is 11.9. The summed E-state index contributed by atoms with van der Waals surface area (Å²) in [6.07, 6.45) is 2.53. The summed E-state index contributed by atoms with van der Waals surface area (Å²) in [5, 5.41) is 10.0. The predicted molar refractivity (Wildman–Crippen MR) is 65.6 cm³/mol. The van der Waals surface area contributed by atoms with Crippen molar-refractivity contribution in [3.8, 4) is 0 Å². The monoisotopic (exact) mass is 244 g/mol. The fraction of sp³-hybridized carbons (Fsp3) is 0.250. The van der Waals surface area contributed by atoms with Crippen molar-refractivity contribution in [3.05, 3.63) is 23.9 Å². The molecule has 0 radical (unpaired) electrons. The van der Waals surface area contributed by atoms with Gasteiger partial charge in [-0.2, -0.15) is 5.10 Å². The van der Waals surface area contributed by atoms with Gasteiger partial charge in [-0.1, -0.05) is 0 Å². The van der Waals surface area contributed by atoms with Crippen LogP contribution in [-0.4, -0.2) is 22.0 Å². The van der Waals surface area contributed by atoms with Gasteiger partial charge in [0, 0.05) is 17.5 Å². The van der Waals surface area contributed by atoms with Gasteiger partial charge in [-0.05, 0) is 24.1 Å². The van der Waals surface area contributed by atoms with Gasteiger partial charge in [0.25, 0.3) is 0 Å². The molecule has 1 aromatic carbocycles. The van der Waals surface area contributed by atoms with E-state index < -0.39 is 0 Å². The van der Waals surface area contributed by atoms with Crippen LogP contribution in [0.3, 0.4) is 0 Å². The molecule has 0 saturated carbocycles. The molecule has 0 spiro atoms. The number of H-pyrrole nitrogens is 1. The Morgan fingerprint density at radius 1 is 1.33 bits per heavy atom. The number of hydrogen-bond donors (Lipinski definition) is 3. The molecule has 0 aliphatic carbocycles. The highest BCUT2D eigenvalue weighted by Crippen LogP contribution is 2.31. The van der Waals surface area contributed by atoms with Crippen molar-refractivity contribution >= 4 is 28.4 Å². The number of piperidine rings is 1. The number of anilines is 1. The van der Waals surface area contributed by atoms with Crippen LogP contribution in [0.1, 0.15) is 24.3 Å². The molecule has 6 heteroatoms. The van der Waals surface area contributed by atoms with E-state index >= 15 is 0 Å². The number of imide groups is 1. The molecule has 1 fully saturated rings. The topological polar surface area (TPSA) is 101 Å². The first-order valence-electron chi connectivity index (χ1n) is 5.71. The molecule has 1 atom stereocenters. The maximum absolute atomic E-state index is 11.9. The van der Waals surface area contributed by atoms with Crippen LogP contribution in [0.5, 0.6) is 0 Å². The van der Waals surface area contributed by atoms with E-state index in [4.69, 9.17) is 5.73 Å². The van der Waals surface area contributed by atoms with Gasteiger partial charge in [-0.25, -0.2) is 0 Å². The van der Waals surface area contributed by atoms with Gasteiger partial charge in [-0.3, -0.25) is 20.0 Å². The lowest BCUT2D eigenvalue weighted by molar-refractivity contribution is -0.134. The van der Waals surface area contributed by atoms with E-state index in [0.717, 1.165) is 16.5 Å². The number of fused-ring (bicyclic) bond motifs is 1. The minimum absolute atomic E-state index is 0.219. The van der Waals surface area contributed by atoms with Gasteiger partial charge < -0.3 is 5.73 Å². The second-order valence-electron chi connectivity index (χ2n) is 4.45. The first-order valence-corrected chi connectivity index (χ1v) is 5.71. The molecular formula is C12H12N4O2. The number of aromatic amines is 1. The minimum Gasteiger partial charge on any atom is -0.399 e. The van der Waals surface area contributed by atoms with Gasteiger partial charge in [0.15, 0.2) is 0 Å². The van der Waals surface area contributed by atoms with E-state index in [9.17, 15) is 9.59 Å². The highest BCUT2D eigenvalue weighted by molar-refractivity contribution is 6.03. The predicted octanol–water partition coefficient (Wildman–Crippen LogP) is 0.665. The van der Waals surface area contributed by atoms with Crippen molar-refractivity contribution < 1.29 is 9.59 Å². The molecule has 1 aliphatic heterocycles. The molecule has 4 N–H and O–H groups in total. The van der Waals surface area contributed by atoms with Crippen LogP contribution >= 0.6 is 0 Å². The smallest absolute Gasteiger partial charge is 0.234 e. The lowest BCUT2D eigenvalue weighted by Crippen LogP contribution is -2.39. The van der Waals surface area contributed by atoms with E-state index in [1.165, 1.54) is 0 Å². The zero-order valence-electron chi connectivity index (χ0n) is 9.56. The van der Waals surface area contributed by atoms with E-state index in [2.05, 4.69) is 15.5 Å². The molecule has 2 aromatic rings. The quantitative estimate of drug-likeness (QED) is 0.506. The third kappa shape index (κ3) is 1.62. The normalized spacial score (nSPS) is 20.1. The molecule has 6 nitrogen and oxygen atoms in total. The molecule has 2 amide bonds. The average molecular weight is 244 g/mol. The molecule has 1 saturated heterocycles. The number of carbonyl (C=O) groups excluding carboxylic acids is 2. The molecule has 1 aliphatic rings. The van der Waals surface area contributed by atoms with E-state index in [-0.39, 0.29) is 17.7 Å². The number of amides is 2. The van der Waals surface area contributed by atoms with Crippen LogP contribution in [-0.2, 0) is 9.59 Å². The Labute approximate surface area is 103 Å². The number of carbonyl (C=O) groups is 2. The Morgan fingerprint density at radius 3 is 2.94 bits per heavy atom. The summed E-state index contributed by atoms with van der Waals surface area (Å²) in [4.78, 5) is 23.0. The van der Waals surface area contributed by atoms with Crippen LogP contribution in [0.15, 0.2) is 18.3 Å². The second-order valence-corrected chi connectivity index (χ2v) is 4.45. The largest absolute Gasteiger partial charge is 0.399 e. The number of rotatable bonds is 1. The summed E-state index contributed by atoms with van der Waals surface area (Å²) < 4.78 is 0. The number of benzene rings is 1. The Morgan fingerprint density at radius 2 is 2.17 bits per heavy atom. The summed E-state index contributed by atoms with van der Waals surface area (Å²) in [5.74, 6) is -0.825. The Hall–Kier alpha value is -2.37. The number of hydrogen-bond acceptors (Lipinski definition) is 4. The highest BCUT2D eigenvalue weighted by Gasteiger charge is 2.29. The Bertz CT molecular complexity index is 647. The Balaban J connectivity index is 2.11. The molecule has 0 bridgehead atoms. The van der Waals surface area contributed by atoms with E-state index in [1.807, 2.05) is 0 Å². The average Bonchev–Trinajstić information content (AvgIpc) is 2.76. The summed E-state index contributed by atoms with van der Waals surface area (Å²) >= 11 is 0. The summed E-state index contributed by atoms with van der Waals surface area (Å²) in [6.45, 7) is 0. The number of nitrogens with one attached hydrogen (secondary N) is 2. The maximum Gasteiger partial charge on any atom is 0.234 e. The summed E-state index contributed by atoms with van der Waals surface area (Å²) in [7, 11) is 0. The number of nitrogens with two attached hydrogens (primary N) is 1. The lowest BCUT2D eigenvalue weighted by Gasteiger charge is -2.21. The number of nitrogen functional groups attached to an aromatic ring is 1. The van der Waals surface area contributed by atoms with Crippen LogP contribution in [0, 0.1) is 0 Å². The number of nitrogens with zero attached hydrogens (tertiary/aromatic N) is 1. The molecule has 18 heavy (non-hydrogen) atoms. The van der Waals surface area contributed by atoms with Crippen molar-refractivity contribution in [1.82, 2.24) is 15.5 Å². The molecule has 1 unspecified atom stereocenters. The van der Waals surface area contributed by atoms with Crippen LogP contribution in [0.4, 0.5) is 5.69 Å². The van der Waals surface area contributed by atoms with Gasteiger partial charge >= 0.3 is 0 Å². The fourth-order valence-corrected chi connectivity index (χ4v) is 2.38. The second kappa shape index (κ2) is 3.83. The van der Waals surface area contributed by atoms with Gasteiger partial charge in [0.2, 0.25) is 11.8 Å². The van der Waals surface area contributed by atoms with Crippen molar-refractivity contribution in [2.45, 2.75) is 18.8 Å². The standard InChI is InChI=1S/C12H12N4O2/c13-6-3-8(9-5-14-16-10(9)4-6)7-1-2-11(17)15-12(7)18/h3-5,7H,1-2,13H2,(H,14,16)(H,15,17,18). The van der Waals surface area contributed by atoms with Gasteiger partial charge in [0.1, 0.15) is 0 Å². The summed E-state index contributed by atoms with van der Waals surface area (Å²) in [5.41, 5.74) is 8.02. The zero-order valence-corrected chi connectivity index (χ0v) is 9.56. The van der Waals surface area contributed by atoms with E-state index in [1.54, 1.807) is 18.3 Å². The first-order chi connectivity index (χ1) is 8.65. The van der Waals surface area contributed by atoms with Gasteiger partial charge in [0.05, 0.1) is 17.6 Å². The van der Waals surface area contributed by atoms with Crippen molar-refractivity contribution in [3.63, 3.8) is 0 Å². The van der Waals surface area contributed by atoms with Gasteiger partial charge in [-0.15, -0.1) is 0 Å². The molecule has 2 heterocycles. The lowest BCUT2D eigenvalue weighted by atomic mass is 9.88.